The van der Waals surface area contributed by atoms with Crippen LogP contribution in [0.25, 0.3) is 0 Å². The van der Waals surface area contributed by atoms with Gasteiger partial charge in [0, 0.05) is 18.1 Å². The molecule has 1 heterocycles. The molecule has 9 heteroatoms. The van der Waals surface area contributed by atoms with Gasteiger partial charge in [-0.05, 0) is 18.1 Å². The summed E-state index contributed by atoms with van der Waals surface area (Å²) in [6, 6.07) is 2.61. The van der Waals surface area contributed by atoms with Crippen LogP contribution in [0.15, 0.2) is 17.0 Å². The Balaban J connectivity index is 2.24. The van der Waals surface area contributed by atoms with Crippen LogP contribution in [-0.4, -0.2) is 36.9 Å². The Bertz CT molecular complexity index is 663. The predicted molar refractivity (Wildman–Crippen MR) is 80.5 cm³/mol. The Morgan fingerprint density at radius 1 is 1.29 bits per heavy atom. The van der Waals surface area contributed by atoms with E-state index in [0.717, 1.165) is 4.31 Å². The summed E-state index contributed by atoms with van der Waals surface area (Å²) in [7, 11) is -3.85. The SMILES string of the molecule is CC(C(=O)O)C1CN(S(=O)(=O)c2c(Cl)cc(Cl)cc2Cl)C1. The van der Waals surface area contributed by atoms with E-state index in [4.69, 9.17) is 39.9 Å². The van der Waals surface area contributed by atoms with Crippen LogP contribution in [-0.2, 0) is 14.8 Å². The molecule has 0 spiro atoms. The largest absolute Gasteiger partial charge is 0.481 e. The fourth-order valence-corrected chi connectivity index (χ4v) is 5.13. The molecule has 1 saturated heterocycles. The number of carboxylic acids is 1. The second kappa shape index (κ2) is 5.93. The van der Waals surface area contributed by atoms with Crippen LogP contribution in [0, 0.1) is 11.8 Å². The van der Waals surface area contributed by atoms with E-state index in [1.807, 2.05) is 0 Å². The first kappa shape index (κ1) is 16.8. The highest BCUT2D eigenvalue weighted by molar-refractivity contribution is 7.89. The highest BCUT2D eigenvalue weighted by Gasteiger charge is 2.42. The van der Waals surface area contributed by atoms with E-state index < -0.39 is 21.9 Å². The Kier molecular flexibility index (Phi) is 4.75. The van der Waals surface area contributed by atoms with Gasteiger partial charge >= 0.3 is 5.97 Å². The van der Waals surface area contributed by atoms with Crippen molar-refractivity contribution in [3.63, 3.8) is 0 Å². The number of hydrogen-bond acceptors (Lipinski definition) is 3. The Hall–Kier alpha value is -0.530. The van der Waals surface area contributed by atoms with Crippen molar-refractivity contribution in [2.24, 2.45) is 11.8 Å². The molecular weight excluding hydrogens is 361 g/mol. The fraction of sp³-hybridized carbons (Fsp3) is 0.417. The quantitative estimate of drug-likeness (QED) is 0.881. The topological polar surface area (TPSA) is 74.7 Å². The first-order valence-corrected chi connectivity index (χ1v) is 8.59. The molecule has 0 amide bonds. The number of aliphatic carboxylic acids is 1. The van der Waals surface area contributed by atoms with Crippen LogP contribution in [0.3, 0.4) is 0 Å². The molecule has 0 saturated carbocycles. The van der Waals surface area contributed by atoms with Gasteiger partial charge in [0.25, 0.3) is 0 Å². The van der Waals surface area contributed by atoms with Crippen molar-refractivity contribution < 1.29 is 18.3 Å². The number of carbonyl (C=O) groups is 1. The molecule has 116 valence electrons. The van der Waals surface area contributed by atoms with Gasteiger partial charge < -0.3 is 5.11 Å². The minimum atomic E-state index is -3.85. The van der Waals surface area contributed by atoms with Crippen LogP contribution < -0.4 is 0 Å². The summed E-state index contributed by atoms with van der Waals surface area (Å²) < 4.78 is 26.1. The maximum atomic E-state index is 12.5. The van der Waals surface area contributed by atoms with E-state index in [1.165, 1.54) is 12.1 Å². The van der Waals surface area contributed by atoms with Gasteiger partial charge in [-0.3, -0.25) is 4.79 Å². The predicted octanol–water partition coefficient (Wildman–Crippen LogP) is 2.99. The van der Waals surface area contributed by atoms with Gasteiger partial charge in [0.15, 0.2) is 0 Å². The molecule has 0 aromatic heterocycles. The van der Waals surface area contributed by atoms with Crippen molar-refractivity contribution >= 4 is 50.8 Å². The monoisotopic (exact) mass is 371 g/mol. The van der Waals surface area contributed by atoms with E-state index in [0.29, 0.717) is 0 Å². The average Bonchev–Trinajstić information content (AvgIpc) is 2.23. The number of carboxylic acid groups (broad SMARTS) is 1. The molecule has 0 bridgehead atoms. The minimum Gasteiger partial charge on any atom is -0.481 e. The molecule has 2 rings (SSSR count). The highest BCUT2D eigenvalue weighted by Crippen LogP contribution is 2.37. The van der Waals surface area contributed by atoms with Gasteiger partial charge in [0.05, 0.1) is 16.0 Å². The summed E-state index contributed by atoms with van der Waals surface area (Å²) in [4.78, 5) is 10.7. The van der Waals surface area contributed by atoms with Gasteiger partial charge in [0.2, 0.25) is 10.0 Å². The molecule has 1 N–H and O–H groups in total. The van der Waals surface area contributed by atoms with E-state index >= 15 is 0 Å². The molecule has 1 aliphatic rings. The maximum Gasteiger partial charge on any atom is 0.306 e. The van der Waals surface area contributed by atoms with Crippen molar-refractivity contribution in [2.45, 2.75) is 11.8 Å². The summed E-state index contributed by atoms with van der Waals surface area (Å²) in [6.07, 6.45) is 0. The summed E-state index contributed by atoms with van der Waals surface area (Å²) in [5.74, 6) is -1.77. The van der Waals surface area contributed by atoms with Crippen LogP contribution in [0.1, 0.15) is 6.92 Å². The summed E-state index contributed by atoms with van der Waals surface area (Å²) in [5.41, 5.74) is 0. The van der Waals surface area contributed by atoms with Crippen LogP contribution in [0.5, 0.6) is 0 Å². The van der Waals surface area contributed by atoms with Gasteiger partial charge in [0.1, 0.15) is 4.90 Å². The lowest BCUT2D eigenvalue weighted by Gasteiger charge is -2.40. The second-order valence-electron chi connectivity index (χ2n) is 4.91. The standard InChI is InChI=1S/C12H12Cl3NO4S/c1-6(12(17)18)7-4-16(5-7)21(19,20)11-9(14)2-8(13)3-10(11)15/h2-3,6-7H,4-5H2,1H3,(H,17,18). The zero-order valence-corrected chi connectivity index (χ0v) is 14.0. The zero-order chi connectivity index (χ0) is 15.9. The van der Waals surface area contributed by atoms with Crippen molar-refractivity contribution in [1.29, 1.82) is 0 Å². The first-order valence-electron chi connectivity index (χ1n) is 6.02. The van der Waals surface area contributed by atoms with E-state index in [-0.39, 0.29) is 39.0 Å². The van der Waals surface area contributed by atoms with Crippen molar-refractivity contribution in [1.82, 2.24) is 4.31 Å². The third-order valence-electron chi connectivity index (χ3n) is 3.53. The lowest BCUT2D eigenvalue weighted by Crippen LogP contribution is -2.53. The zero-order valence-electron chi connectivity index (χ0n) is 10.9. The Morgan fingerprint density at radius 3 is 2.19 bits per heavy atom. The molecule has 5 nitrogen and oxygen atoms in total. The van der Waals surface area contributed by atoms with Gasteiger partial charge in [-0.1, -0.05) is 41.7 Å². The number of rotatable bonds is 4. The van der Waals surface area contributed by atoms with E-state index in [9.17, 15) is 13.2 Å². The molecule has 0 radical (unpaired) electrons. The summed E-state index contributed by atoms with van der Waals surface area (Å²) >= 11 is 17.6. The van der Waals surface area contributed by atoms with Crippen molar-refractivity contribution in [2.75, 3.05) is 13.1 Å². The number of benzene rings is 1. The molecule has 0 aliphatic carbocycles. The van der Waals surface area contributed by atoms with Gasteiger partial charge in [-0.15, -0.1) is 0 Å². The van der Waals surface area contributed by atoms with E-state index in [2.05, 4.69) is 0 Å². The molecule has 1 aromatic carbocycles. The number of sulfonamides is 1. The Labute approximate surface area is 137 Å². The van der Waals surface area contributed by atoms with Crippen LogP contribution in [0.4, 0.5) is 0 Å². The molecule has 21 heavy (non-hydrogen) atoms. The summed E-state index contributed by atoms with van der Waals surface area (Å²) in [5, 5.41) is 9.05. The first-order chi connectivity index (χ1) is 9.64. The molecule has 1 fully saturated rings. The van der Waals surface area contributed by atoms with Crippen molar-refractivity contribution in [3.05, 3.63) is 27.2 Å². The molecule has 1 aliphatic heterocycles. The smallest absolute Gasteiger partial charge is 0.306 e. The lowest BCUT2D eigenvalue weighted by molar-refractivity contribution is -0.144. The number of halogens is 3. The Morgan fingerprint density at radius 2 is 1.76 bits per heavy atom. The van der Waals surface area contributed by atoms with Gasteiger partial charge in [-0.2, -0.15) is 4.31 Å². The third kappa shape index (κ3) is 3.14. The number of nitrogens with zero attached hydrogens (tertiary/aromatic N) is 1. The molecular formula is C12H12Cl3NO4S. The van der Waals surface area contributed by atoms with Crippen molar-refractivity contribution in [3.8, 4) is 0 Å². The maximum absolute atomic E-state index is 12.5. The summed E-state index contributed by atoms with van der Waals surface area (Å²) in [6.45, 7) is 1.81. The highest BCUT2D eigenvalue weighted by atomic mass is 35.5. The van der Waals surface area contributed by atoms with Crippen LogP contribution >= 0.6 is 34.8 Å². The van der Waals surface area contributed by atoms with Gasteiger partial charge in [-0.25, -0.2) is 8.42 Å². The number of hydrogen-bond donors (Lipinski definition) is 1. The average molecular weight is 373 g/mol. The third-order valence-corrected chi connectivity index (χ3v) is 6.51. The lowest BCUT2D eigenvalue weighted by atomic mass is 9.89. The fourth-order valence-electron chi connectivity index (χ4n) is 2.09. The second-order valence-corrected chi connectivity index (χ2v) is 8.03. The van der Waals surface area contributed by atoms with Crippen LogP contribution in [0.2, 0.25) is 15.1 Å². The normalized spacial score (nSPS) is 18.3. The minimum absolute atomic E-state index is 0.0535. The van der Waals surface area contributed by atoms with E-state index in [1.54, 1.807) is 6.92 Å². The molecule has 1 unspecified atom stereocenters. The molecule has 1 aromatic rings. The molecule has 1 atom stereocenters.